The van der Waals surface area contributed by atoms with Crippen LogP contribution in [-0.2, 0) is 4.74 Å². The van der Waals surface area contributed by atoms with Gasteiger partial charge in [0.2, 0.25) is 0 Å². The van der Waals surface area contributed by atoms with Crippen molar-refractivity contribution in [3.05, 3.63) is 23.8 Å². The van der Waals surface area contributed by atoms with Gasteiger partial charge >= 0.3 is 5.97 Å². The van der Waals surface area contributed by atoms with Gasteiger partial charge in [-0.3, -0.25) is 0 Å². The van der Waals surface area contributed by atoms with Crippen LogP contribution in [0.5, 0.6) is 0 Å². The number of nitrogens with one attached hydrogen (secondary N) is 1. The van der Waals surface area contributed by atoms with Crippen LogP contribution in [0.25, 0.3) is 0 Å². The van der Waals surface area contributed by atoms with Crippen LogP contribution in [0.3, 0.4) is 0 Å². The van der Waals surface area contributed by atoms with E-state index in [-0.39, 0.29) is 5.56 Å². The number of aromatic carboxylic acids is 1. The second-order valence-corrected chi connectivity index (χ2v) is 4.83. The van der Waals surface area contributed by atoms with Crippen molar-refractivity contribution in [2.45, 2.75) is 20.3 Å². The lowest BCUT2D eigenvalue weighted by Crippen LogP contribution is -2.12. The zero-order chi connectivity index (χ0) is 14.3. The van der Waals surface area contributed by atoms with Gasteiger partial charge in [0.1, 0.15) is 0 Å². The second kappa shape index (κ2) is 7.63. The molecular weight excluding hydrogens is 244 g/mol. The van der Waals surface area contributed by atoms with Gasteiger partial charge in [-0.15, -0.1) is 0 Å². The number of hydrogen-bond acceptors (Lipinski definition) is 4. The standard InChI is InChI=1S/C14H22N2O3/c1-10(2)5-7-19-8-6-16-13-4-3-11(14(17)18)9-12(13)15/h3-4,9-10,16H,5-8,15H2,1-2H3,(H,17,18). The number of nitrogen functional groups attached to an aromatic ring is 1. The maximum absolute atomic E-state index is 10.8. The highest BCUT2D eigenvalue weighted by Gasteiger charge is 2.05. The molecule has 0 bridgehead atoms. The Kier molecular flexibility index (Phi) is 6.15. The monoisotopic (exact) mass is 266 g/mol. The Morgan fingerprint density at radius 3 is 2.74 bits per heavy atom. The van der Waals surface area contributed by atoms with Crippen molar-refractivity contribution in [2.75, 3.05) is 30.8 Å². The summed E-state index contributed by atoms with van der Waals surface area (Å²) < 4.78 is 5.47. The highest BCUT2D eigenvalue weighted by atomic mass is 16.5. The van der Waals surface area contributed by atoms with Crippen LogP contribution >= 0.6 is 0 Å². The zero-order valence-electron chi connectivity index (χ0n) is 11.5. The molecule has 0 aliphatic carbocycles. The summed E-state index contributed by atoms with van der Waals surface area (Å²) in [7, 11) is 0. The van der Waals surface area contributed by atoms with Crippen molar-refractivity contribution in [3.8, 4) is 0 Å². The molecule has 0 radical (unpaired) electrons. The first-order valence-electron chi connectivity index (χ1n) is 6.45. The summed E-state index contributed by atoms with van der Waals surface area (Å²) in [6, 6.07) is 4.65. The molecule has 5 heteroatoms. The highest BCUT2D eigenvalue weighted by Crippen LogP contribution is 2.19. The Balaban J connectivity index is 2.32. The highest BCUT2D eigenvalue weighted by molar-refractivity contribution is 5.90. The van der Waals surface area contributed by atoms with Gasteiger partial charge in [-0.1, -0.05) is 13.8 Å². The minimum Gasteiger partial charge on any atom is -0.478 e. The van der Waals surface area contributed by atoms with Crippen molar-refractivity contribution in [1.29, 1.82) is 0 Å². The number of nitrogens with two attached hydrogens (primary N) is 1. The number of rotatable bonds is 8. The molecule has 1 rings (SSSR count). The van der Waals surface area contributed by atoms with E-state index in [1.54, 1.807) is 6.07 Å². The Morgan fingerprint density at radius 1 is 1.42 bits per heavy atom. The zero-order valence-corrected chi connectivity index (χ0v) is 11.5. The van der Waals surface area contributed by atoms with Crippen LogP contribution in [0.1, 0.15) is 30.6 Å². The molecule has 1 aromatic carbocycles. The number of ether oxygens (including phenoxy) is 1. The Bertz CT molecular complexity index is 419. The van der Waals surface area contributed by atoms with E-state index in [0.29, 0.717) is 24.8 Å². The number of carboxylic acid groups (broad SMARTS) is 1. The lowest BCUT2D eigenvalue weighted by atomic mass is 10.1. The van der Waals surface area contributed by atoms with E-state index in [1.807, 2.05) is 0 Å². The molecule has 0 heterocycles. The molecular formula is C14H22N2O3. The van der Waals surface area contributed by atoms with E-state index in [2.05, 4.69) is 19.2 Å². The van der Waals surface area contributed by atoms with E-state index in [4.69, 9.17) is 15.6 Å². The molecule has 1 aromatic rings. The first-order chi connectivity index (χ1) is 9.00. The lowest BCUT2D eigenvalue weighted by Gasteiger charge is -2.11. The van der Waals surface area contributed by atoms with Gasteiger partial charge in [0.25, 0.3) is 0 Å². The quantitative estimate of drug-likeness (QED) is 0.497. The molecule has 0 amide bonds. The molecule has 0 aliphatic heterocycles. The largest absolute Gasteiger partial charge is 0.478 e. The third-order valence-corrected chi connectivity index (χ3v) is 2.70. The van der Waals surface area contributed by atoms with Crippen LogP contribution in [0.2, 0.25) is 0 Å². The maximum Gasteiger partial charge on any atom is 0.335 e. The molecule has 0 fully saturated rings. The smallest absolute Gasteiger partial charge is 0.335 e. The SMILES string of the molecule is CC(C)CCOCCNc1ccc(C(=O)O)cc1N. The van der Waals surface area contributed by atoms with Crippen molar-refractivity contribution in [3.63, 3.8) is 0 Å². The van der Waals surface area contributed by atoms with Crippen LogP contribution < -0.4 is 11.1 Å². The fourth-order valence-electron chi connectivity index (χ4n) is 1.54. The van der Waals surface area contributed by atoms with Crippen LogP contribution in [0.4, 0.5) is 11.4 Å². The summed E-state index contributed by atoms with van der Waals surface area (Å²) in [5, 5.41) is 11.9. The van der Waals surface area contributed by atoms with Gasteiger partial charge in [-0.05, 0) is 30.5 Å². The second-order valence-electron chi connectivity index (χ2n) is 4.83. The third-order valence-electron chi connectivity index (χ3n) is 2.70. The van der Waals surface area contributed by atoms with Gasteiger partial charge in [0, 0.05) is 13.2 Å². The molecule has 0 saturated carbocycles. The summed E-state index contributed by atoms with van der Waals surface area (Å²) in [6.07, 6.45) is 1.05. The maximum atomic E-state index is 10.8. The molecule has 0 aromatic heterocycles. The van der Waals surface area contributed by atoms with Crippen LogP contribution in [-0.4, -0.2) is 30.8 Å². The Morgan fingerprint density at radius 2 is 2.16 bits per heavy atom. The summed E-state index contributed by atoms with van der Waals surface area (Å²) in [6.45, 7) is 6.33. The van der Waals surface area contributed by atoms with Crippen molar-refractivity contribution in [1.82, 2.24) is 0 Å². The minimum atomic E-state index is -0.977. The molecule has 106 valence electrons. The van der Waals surface area contributed by atoms with Gasteiger partial charge < -0.3 is 20.9 Å². The topological polar surface area (TPSA) is 84.6 Å². The van der Waals surface area contributed by atoms with Gasteiger partial charge in [0.05, 0.1) is 23.5 Å². The predicted octanol–water partition coefficient (Wildman–Crippen LogP) is 2.44. The van der Waals surface area contributed by atoms with Gasteiger partial charge in [-0.25, -0.2) is 4.79 Å². The van der Waals surface area contributed by atoms with Crippen molar-refractivity contribution >= 4 is 17.3 Å². The minimum absolute atomic E-state index is 0.191. The van der Waals surface area contributed by atoms with E-state index in [0.717, 1.165) is 18.7 Å². The Labute approximate surface area is 113 Å². The average molecular weight is 266 g/mol. The molecule has 0 unspecified atom stereocenters. The van der Waals surface area contributed by atoms with Crippen LogP contribution in [0.15, 0.2) is 18.2 Å². The van der Waals surface area contributed by atoms with E-state index < -0.39 is 5.97 Å². The fraction of sp³-hybridized carbons (Fsp3) is 0.500. The first kappa shape index (κ1) is 15.3. The van der Waals surface area contributed by atoms with E-state index in [1.165, 1.54) is 12.1 Å². The van der Waals surface area contributed by atoms with Crippen molar-refractivity contribution in [2.24, 2.45) is 5.92 Å². The molecule has 5 nitrogen and oxygen atoms in total. The van der Waals surface area contributed by atoms with Crippen LogP contribution in [0, 0.1) is 5.92 Å². The number of benzene rings is 1. The number of anilines is 2. The van der Waals surface area contributed by atoms with Crippen molar-refractivity contribution < 1.29 is 14.6 Å². The molecule has 0 atom stereocenters. The average Bonchev–Trinajstić information content (AvgIpc) is 2.34. The molecule has 19 heavy (non-hydrogen) atoms. The third kappa shape index (κ3) is 5.61. The summed E-state index contributed by atoms with van der Waals surface area (Å²) in [5.41, 5.74) is 7.13. The Hall–Kier alpha value is -1.75. The summed E-state index contributed by atoms with van der Waals surface area (Å²) in [5.74, 6) is -0.331. The number of hydrogen-bond donors (Lipinski definition) is 3. The number of carboxylic acids is 1. The summed E-state index contributed by atoms with van der Waals surface area (Å²) >= 11 is 0. The molecule has 0 spiro atoms. The molecule has 0 saturated heterocycles. The lowest BCUT2D eigenvalue weighted by molar-refractivity contribution is 0.0697. The molecule has 4 N–H and O–H groups in total. The summed E-state index contributed by atoms with van der Waals surface area (Å²) in [4.78, 5) is 10.8. The predicted molar refractivity (Wildman–Crippen MR) is 76.6 cm³/mol. The number of carbonyl (C=O) groups is 1. The van der Waals surface area contributed by atoms with E-state index in [9.17, 15) is 4.79 Å². The van der Waals surface area contributed by atoms with Gasteiger partial charge in [0.15, 0.2) is 0 Å². The molecule has 0 aliphatic rings. The first-order valence-corrected chi connectivity index (χ1v) is 6.45. The van der Waals surface area contributed by atoms with Gasteiger partial charge in [-0.2, -0.15) is 0 Å². The fourth-order valence-corrected chi connectivity index (χ4v) is 1.54. The normalized spacial score (nSPS) is 10.7. The van der Waals surface area contributed by atoms with E-state index >= 15 is 0 Å².